The molecule has 2 aromatic carbocycles. The van der Waals surface area contributed by atoms with Crippen LogP contribution >= 0.6 is 0 Å². The van der Waals surface area contributed by atoms with Crippen molar-refractivity contribution < 1.29 is 23.1 Å². The molecule has 2 aromatic rings. The molecule has 0 spiro atoms. The molecule has 0 radical (unpaired) electrons. The number of nitrogens with one attached hydrogen (secondary N) is 1. The van der Waals surface area contributed by atoms with Crippen molar-refractivity contribution in [1.29, 1.82) is 0 Å². The molecule has 0 unspecified atom stereocenters. The van der Waals surface area contributed by atoms with Crippen LogP contribution in [0.2, 0.25) is 0 Å². The number of aliphatic hydroxyl groups is 1. The van der Waals surface area contributed by atoms with E-state index >= 15 is 0 Å². The number of fused-ring (bicyclic) bond motifs is 1. The Morgan fingerprint density at radius 1 is 1.11 bits per heavy atom. The molecule has 0 saturated heterocycles. The fourth-order valence-corrected chi connectivity index (χ4v) is 6.58. The molecule has 4 rings (SSSR count). The monoisotopic (exact) mass is 543 g/mol. The number of sulfonamides is 1. The van der Waals surface area contributed by atoms with Gasteiger partial charge in [-0.2, -0.15) is 0 Å². The number of hydrogen-bond acceptors (Lipinski definition) is 6. The van der Waals surface area contributed by atoms with Crippen LogP contribution in [-0.4, -0.2) is 74.7 Å². The molecule has 1 saturated carbocycles. The highest BCUT2D eigenvalue weighted by Crippen LogP contribution is 2.32. The second kappa shape index (κ2) is 12.5. The van der Waals surface area contributed by atoms with Crippen molar-refractivity contribution >= 4 is 21.6 Å². The minimum atomic E-state index is -3.82. The molecule has 3 atom stereocenters. The van der Waals surface area contributed by atoms with E-state index in [1.165, 1.54) is 50.3 Å². The Morgan fingerprint density at radius 3 is 2.50 bits per heavy atom. The molecule has 9 heteroatoms. The molecule has 1 aliphatic heterocycles. The van der Waals surface area contributed by atoms with E-state index in [1.54, 1.807) is 35.2 Å². The van der Waals surface area contributed by atoms with Crippen molar-refractivity contribution in [2.24, 2.45) is 11.8 Å². The largest absolute Gasteiger partial charge is 0.488 e. The van der Waals surface area contributed by atoms with Crippen LogP contribution in [0.1, 0.15) is 56.3 Å². The first-order valence-electron chi connectivity index (χ1n) is 13.7. The van der Waals surface area contributed by atoms with E-state index < -0.39 is 10.0 Å². The summed E-state index contributed by atoms with van der Waals surface area (Å²) in [5, 5.41) is 9.90. The van der Waals surface area contributed by atoms with Gasteiger partial charge in [0.15, 0.2) is 0 Å². The summed E-state index contributed by atoms with van der Waals surface area (Å²) < 4.78 is 34.9. The van der Waals surface area contributed by atoms with Crippen molar-refractivity contribution in [2.45, 2.75) is 63.0 Å². The summed E-state index contributed by atoms with van der Waals surface area (Å²) in [6.45, 7) is 5.91. The van der Waals surface area contributed by atoms with Crippen molar-refractivity contribution in [2.75, 3.05) is 38.0 Å². The zero-order valence-electron chi connectivity index (χ0n) is 22.7. The third kappa shape index (κ3) is 6.87. The lowest BCUT2D eigenvalue weighted by Crippen LogP contribution is -2.50. The smallest absolute Gasteiger partial charge is 0.261 e. The summed E-state index contributed by atoms with van der Waals surface area (Å²) in [6.07, 6.45) is 6.30. The molecule has 38 heavy (non-hydrogen) atoms. The maximum absolute atomic E-state index is 13.7. The number of carbonyl (C=O) groups excluding carboxylic acids is 1. The Labute approximate surface area is 227 Å². The van der Waals surface area contributed by atoms with Crippen LogP contribution in [0, 0.1) is 11.8 Å². The Bertz CT molecular complexity index is 1180. The van der Waals surface area contributed by atoms with Crippen LogP contribution < -0.4 is 9.46 Å². The predicted octanol–water partition coefficient (Wildman–Crippen LogP) is 4.22. The molecule has 2 N–H and O–H groups in total. The minimum Gasteiger partial charge on any atom is -0.488 e. The predicted molar refractivity (Wildman–Crippen MR) is 149 cm³/mol. The second-order valence-electron chi connectivity index (χ2n) is 11.0. The van der Waals surface area contributed by atoms with Crippen LogP contribution in [0.3, 0.4) is 0 Å². The Kier molecular flexibility index (Phi) is 9.33. The summed E-state index contributed by atoms with van der Waals surface area (Å²) in [5.41, 5.74) is 0.561. The van der Waals surface area contributed by atoms with Crippen molar-refractivity contribution in [3.8, 4) is 5.75 Å². The molecule has 208 valence electrons. The number of likely N-dealkylation sites (N-methyl/N-ethyl adjacent to an activating group) is 1. The summed E-state index contributed by atoms with van der Waals surface area (Å²) in [7, 11) is -1.69. The Balaban J connectivity index is 1.60. The van der Waals surface area contributed by atoms with E-state index in [1.807, 2.05) is 6.92 Å². The van der Waals surface area contributed by atoms with Gasteiger partial charge >= 0.3 is 0 Å². The van der Waals surface area contributed by atoms with E-state index in [0.29, 0.717) is 18.2 Å². The lowest BCUT2D eigenvalue weighted by molar-refractivity contribution is 0.0330. The molecule has 0 bridgehead atoms. The Hall–Kier alpha value is -2.62. The highest BCUT2D eigenvalue weighted by molar-refractivity contribution is 7.92. The average molecular weight is 544 g/mol. The number of hydrogen-bond donors (Lipinski definition) is 2. The van der Waals surface area contributed by atoms with Crippen LogP contribution in [-0.2, 0) is 10.0 Å². The molecule has 2 aliphatic rings. The number of benzene rings is 2. The van der Waals surface area contributed by atoms with E-state index in [2.05, 4.69) is 23.6 Å². The lowest BCUT2D eigenvalue weighted by atomic mass is 9.89. The van der Waals surface area contributed by atoms with Crippen molar-refractivity contribution in [3.63, 3.8) is 0 Å². The van der Waals surface area contributed by atoms with Gasteiger partial charge in [0.25, 0.3) is 15.9 Å². The number of anilines is 1. The average Bonchev–Trinajstić information content (AvgIpc) is 2.91. The second-order valence-corrected chi connectivity index (χ2v) is 12.7. The third-order valence-electron chi connectivity index (χ3n) is 7.76. The third-order valence-corrected chi connectivity index (χ3v) is 9.15. The molecular weight excluding hydrogens is 502 g/mol. The normalized spacial score (nSPS) is 21.8. The van der Waals surface area contributed by atoms with Crippen LogP contribution in [0.25, 0.3) is 0 Å². The topological polar surface area (TPSA) is 99.2 Å². The van der Waals surface area contributed by atoms with Gasteiger partial charge in [-0.05, 0) is 63.1 Å². The molecule has 8 nitrogen and oxygen atoms in total. The zero-order valence-corrected chi connectivity index (χ0v) is 23.5. The van der Waals surface area contributed by atoms with Crippen LogP contribution in [0.5, 0.6) is 5.75 Å². The van der Waals surface area contributed by atoms with Crippen molar-refractivity contribution in [1.82, 2.24) is 9.80 Å². The van der Waals surface area contributed by atoms with Gasteiger partial charge in [0.1, 0.15) is 11.9 Å². The number of amides is 1. The van der Waals surface area contributed by atoms with Crippen LogP contribution in [0.4, 0.5) is 5.69 Å². The number of carbonyl (C=O) groups is 1. The molecule has 1 heterocycles. The maximum Gasteiger partial charge on any atom is 0.261 e. The van der Waals surface area contributed by atoms with Gasteiger partial charge in [0.05, 0.1) is 23.1 Å². The fraction of sp³-hybridized carbons (Fsp3) is 0.552. The number of ether oxygens (including phenoxy) is 1. The first kappa shape index (κ1) is 28.4. The first-order chi connectivity index (χ1) is 18.2. The maximum atomic E-state index is 13.7. The van der Waals surface area contributed by atoms with E-state index in [9.17, 15) is 18.3 Å². The molecule has 1 fully saturated rings. The van der Waals surface area contributed by atoms with Crippen LogP contribution in [0.15, 0.2) is 53.4 Å². The number of aliphatic hydroxyl groups excluding tert-OH is 1. The van der Waals surface area contributed by atoms with Gasteiger partial charge in [-0.25, -0.2) is 8.42 Å². The standard InChI is InChI=1S/C29H41N3O5S/c1-21-17-32(22(2)20-33)29(34)26-16-24(30-38(35,36)25-12-8-5-9-13-25)14-15-27(26)37-28(21)19-31(3)18-23-10-6-4-7-11-23/h5,8-9,12-16,21-23,28,30,33H,4,6-7,10-11,17-20H2,1-3H3/t21-,22+,28-/m1/s1. The van der Waals surface area contributed by atoms with Crippen molar-refractivity contribution in [3.05, 3.63) is 54.1 Å². The van der Waals surface area contributed by atoms with Gasteiger partial charge < -0.3 is 19.6 Å². The van der Waals surface area contributed by atoms with Gasteiger partial charge in [0, 0.05) is 31.2 Å². The summed E-state index contributed by atoms with van der Waals surface area (Å²) in [4.78, 5) is 17.8. The molecule has 1 amide bonds. The highest BCUT2D eigenvalue weighted by atomic mass is 32.2. The molecule has 0 aromatic heterocycles. The zero-order chi connectivity index (χ0) is 27.3. The molecule has 1 aliphatic carbocycles. The van der Waals surface area contributed by atoms with Gasteiger partial charge in [0.2, 0.25) is 0 Å². The highest BCUT2D eigenvalue weighted by Gasteiger charge is 2.34. The minimum absolute atomic E-state index is 0.0335. The summed E-state index contributed by atoms with van der Waals surface area (Å²) >= 11 is 0. The number of nitrogens with zero attached hydrogens (tertiary/aromatic N) is 2. The Morgan fingerprint density at radius 2 is 1.82 bits per heavy atom. The number of rotatable bonds is 9. The first-order valence-corrected chi connectivity index (χ1v) is 15.1. The molecular formula is C29H41N3O5S. The SMILES string of the molecule is C[C@@H]1CN([C@@H](C)CO)C(=O)c2cc(NS(=O)(=O)c3ccccc3)ccc2O[C@@H]1CN(C)CC1CCCCC1. The van der Waals surface area contributed by atoms with Gasteiger partial charge in [-0.1, -0.05) is 44.4 Å². The lowest BCUT2D eigenvalue weighted by Gasteiger charge is -2.38. The summed E-state index contributed by atoms with van der Waals surface area (Å²) in [6, 6.07) is 12.6. The van der Waals surface area contributed by atoms with Gasteiger partial charge in [-0.3, -0.25) is 9.52 Å². The van der Waals surface area contributed by atoms with E-state index in [4.69, 9.17) is 4.74 Å². The van der Waals surface area contributed by atoms with Gasteiger partial charge in [-0.15, -0.1) is 0 Å². The summed E-state index contributed by atoms with van der Waals surface area (Å²) in [5.74, 6) is 0.877. The van der Waals surface area contributed by atoms with E-state index in [-0.39, 0.29) is 46.7 Å². The fourth-order valence-electron chi connectivity index (χ4n) is 5.51. The van der Waals surface area contributed by atoms with E-state index in [0.717, 1.165) is 13.1 Å². The quantitative estimate of drug-likeness (QED) is 0.491.